The van der Waals surface area contributed by atoms with Crippen LogP contribution >= 0.6 is 15.9 Å². The number of halogens is 1. The summed E-state index contributed by atoms with van der Waals surface area (Å²) in [6, 6.07) is 4.77. The molecule has 0 aliphatic carbocycles. The van der Waals surface area contributed by atoms with Crippen molar-refractivity contribution in [1.29, 1.82) is 0 Å². The van der Waals surface area contributed by atoms with E-state index in [1.54, 1.807) is 27.0 Å². The molecule has 7 heteroatoms. The molecule has 2 aromatic rings. The molecule has 2 rings (SSSR count). The Hall–Kier alpha value is -1.86. The quantitative estimate of drug-likeness (QED) is 0.717. The third-order valence-electron chi connectivity index (χ3n) is 3.59. The number of carbonyl (C=O) groups excluding carboxylic acids is 2. The average molecular weight is 439 g/mol. The summed E-state index contributed by atoms with van der Waals surface area (Å²) in [6.45, 7) is 10.8. The lowest BCUT2D eigenvalue weighted by Crippen LogP contribution is -2.38. The second-order valence-electron chi connectivity index (χ2n) is 8.51. The number of fused-ring (bicyclic) bond motifs is 1. The van der Waals surface area contributed by atoms with Crippen LogP contribution < -0.4 is 5.73 Å². The van der Waals surface area contributed by atoms with Crippen molar-refractivity contribution in [2.45, 2.75) is 65.2 Å². The molecule has 1 aromatic carbocycles. The maximum atomic E-state index is 12.6. The van der Waals surface area contributed by atoms with Crippen molar-refractivity contribution in [2.24, 2.45) is 5.73 Å². The van der Waals surface area contributed by atoms with Crippen LogP contribution in [0.2, 0.25) is 0 Å². The highest BCUT2D eigenvalue weighted by Crippen LogP contribution is 2.27. The Morgan fingerprint density at radius 2 is 1.70 bits per heavy atom. The Labute approximate surface area is 168 Å². The van der Waals surface area contributed by atoms with Crippen molar-refractivity contribution in [2.75, 3.05) is 0 Å². The zero-order chi connectivity index (χ0) is 20.6. The second kappa shape index (κ2) is 7.64. The smallest absolute Gasteiger partial charge is 0.419 e. The molecule has 0 fully saturated rings. The van der Waals surface area contributed by atoms with Gasteiger partial charge in [-0.3, -0.25) is 9.36 Å². The maximum absolute atomic E-state index is 12.6. The molecule has 0 saturated heterocycles. The zero-order valence-corrected chi connectivity index (χ0v) is 18.2. The predicted octanol–water partition coefficient (Wildman–Crippen LogP) is 4.40. The van der Waals surface area contributed by atoms with E-state index in [9.17, 15) is 9.59 Å². The Kier molecular flexibility index (Phi) is 6.06. The van der Waals surface area contributed by atoms with Gasteiger partial charge in [0.2, 0.25) is 0 Å². The molecule has 2 N–H and O–H groups in total. The highest BCUT2D eigenvalue weighted by Gasteiger charge is 2.25. The van der Waals surface area contributed by atoms with E-state index in [1.807, 2.05) is 39.0 Å². The molecule has 1 heterocycles. The number of nitrogens with two attached hydrogens (primary N) is 1. The minimum atomic E-state index is -0.828. The zero-order valence-electron chi connectivity index (χ0n) is 16.6. The first-order valence-electron chi connectivity index (χ1n) is 8.78. The minimum absolute atomic E-state index is 0.253. The van der Waals surface area contributed by atoms with E-state index in [1.165, 1.54) is 4.57 Å². The third kappa shape index (κ3) is 5.81. The van der Waals surface area contributed by atoms with Gasteiger partial charge in [0, 0.05) is 22.5 Å². The number of esters is 1. The number of carbonyl (C=O) groups is 2. The number of aromatic nitrogens is 1. The van der Waals surface area contributed by atoms with Crippen LogP contribution in [0.3, 0.4) is 0 Å². The summed E-state index contributed by atoms with van der Waals surface area (Å²) in [5.74, 6) is -0.474. The predicted molar refractivity (Wildman–Crippen MR) is 109 cm³/mol. The number of hydrogen-bond donors (Lipinski definition) is 1. The van der Waals surface area contributed by atoms with Crippen LogP contribution in [-0.2, 0) is 20.7 Å². The third-order valence-corrected chi connectivity index (χ3v) is 4.08. The first-order chi connectivity index (χ1) is 12.3. The molecular formula is C20H27BrN2O4. The number of rotatable bonds is 3. The molecule has 0 saturated carbocycles. The largest absolute Gasteiger partial charge is 0.459 e. The van der Waals surface area contributed by atoms with Crippen LogP contribution in [0.25, 0.3) is 10.9 Å². The Balaban J connectivity index is 2.37. The fraction of sp³-hybridized carbons (Fsp3) is 0.500. The van der Waals surface area contributed by atoms with Crippen molar-refractivity contribution in [3.63, 3.8) is 0 Å². The highest BCUT2D eigenvalue weighted by molar-refractivity contribution is 9.10. The van der Waals surface area contributed by atoms with Crippen molar-refractivity contribution < 1.29 is 19.1 Å². The summed E-state index contributed by atoms with van der Waals surface area (Å²) < 4.78 is 13.1. The van der Waals surface area contributed by atoms with E-state index in [0.717, 1.165) is 15.4 Å². The van der Waals surface area contributed by atoms with Gasteiger partial charge >= 0.3 is 12.1 Å². The van der Waals surface area contributed by atoms with Crippen molar-refractivity contribution in [3.8, 4) is 0 Å². The van der Waals surface area contributed by atoms with Crippen LogP contribution in [0.4, 0.5) is 4.79 Å². The second-order valence-corrected chi connectivity index (χ2v) is 9.43. The van der Waals surface area contributed by atoms with Gasteiger partial charge in [0.25, 0.3) is 0 Å². The van der Waals surface area contributed by atoms with Crippen LogP contribution in [0.15, 0.2) is 28.9 Å². The molecule has 0 unspecified atom stereocenters. The summed E-state index contributed by atoms with van der Waals surface area (Å²) in [5, 5.41) is 0.836. The molecule has 0 amide bonds. The molecule has 27 heavy (non-hydrogen) atoms. The van der Waals surface area contributed by atoms with Crippen molar-refractivity contribution in [1.82, 2.24) is 4.57 Å². The Bertz CT molecular complexity index is 859. The molecule has 0 radical (unpaired) electrons. The molecule has 6 nitrogen and oxygen atoms in total. The van der Waals surface area contributed by atoms with E-state index in [2.05, 4.69) is 15.9 Å². The number of benzene rings is 1. The molecule has 0 spiro atoms. The lowest BCUT2D eigenvalue weighted by atomic mass is 10.1. The fourth-order valence-electron chi connectivity index (χ4n) is 2.59. The molecule has 1 atom stereocenters. The highest BCUT2D eigenvalue weighted by atomic mass is 79.9. The van der Waals surface area contributed by atoms with E-state index < -0.39 is 29.3 Å². The van der Waals surface area contributed by atoms with E-state index in [4.69, 9.17) is 15.2 Å². The summed E-state index contributed by atoms with van der Waals surface area (Å²) in [6.07, 6.45) is 1.45. The van der Waals surface area contributed by atoms with Gasteiger partial charge in [-0.05, 0) is 59.2 Å². The summed E-state index contributed by atoms with van der Waals surface area (Å²) >= 11 is 3.43. The van der Waals surface area contributed by atoms with Gasteiger partial charge in [-0.2, -0.15) is 0 Å². The molecule has 0 aliphatic heterocycles. The fourth-order valence-corrected chi connectivity index (χ4v) is 2.94. The van der Waals surface area contributed by atoms with E-state index in [0.29, 0.717) is 5.52 Å². The lowest BCUT2D eigenvalue weighted by Gasteiger charge is -2.22. The molecule has 0 aliphatic rings. The van der Waals surface area contributed by atoms with Crippen LogP contribution in [0.1, 0.15) is 47.1 Å². The number of ether oxygens (including phenoxy) is 2. The Morgan fingerprint density at radius 3 is 2.26 bits per heavy atom. The first-order valence-corrected chi connectivity index (χ1v) is 9.57. The van der Waals surface area contributed by atoms with E-state index in [-0.39, 0.29) is 6.42 Å². The summed E-state index contributed by atoms with van der Waals surface area (Å²) in [7, 11) is 0. The molecule has 148 valence electrons. The molecule has 0 bridgehead atoms. The van der Waals surface area contributed by atoms with Crippen molar-refractivity contribution in [3.05, 3.63) is 34.4 Å². The maximum Gasteiger partial charge on any atom is 0.419 e. The number of hydrogen-bond acceptors (Lipinski definition) is 5. The van der Waals surface area contributed by atoms with E-state index >= 15 is 0 Å². The van der Waals surface area contributed by atoms with Gasteiger partial charge in [0.15, 0.2) is 0 Å². The number of nitrogens with zero attached hydrogens (tertiary/aromatic N) is 1. The van der Waals surface area contributed by atoms with Gasteiger partial charge in [-0.15, -0.1) is 0 Å². The van der Waals surface area contributed by atoms with Crippen molar-refractivity contribution >= 4 is 38.9 Å². The summed E-state index contributed by atoms with van der Waals surface area (Å²) in [5.41, 5.74) is 6.29. The van der Waals surface area contributed by atoms with Crippen LogP contribution in [0, 0.1) is 0 Å². The van der Waals surface area contributed by atoms with Gasteiger partial charge in [-0.1, -0.05) is 22.0 Å². The molecule has 1 aromatic heterocycles. The van der Waals surface area contributed by atoms with Gasteiger partial charge in [0.1, 0.15) is 17.2 Å². The monoisotopic (exact) mass is 438 g/mol. The van der Waals surface area contributed by atoms with Gasteiger partial charge < -0.3 is 15.2 Å². The minimum Gasteiger partial charge on any atom is -0.459 e. The van der Waals surface area contributed by atoms with Crippen LogP contribution in [-0.4, -0.2) is 33.9 Å². The van der Waals surface area contributed by atoms with Crippen LogP contribution in [0.5, 0.6) is 0 Å². The van der Waals surface area contributed by atoms with Gasteiger partial charge in [0.05, 0.1) is 5.52 Å². The first kappa shape index (κ1) is 21.4. The SMILES string of the molecule is CC(C)(C)OC(=O)[C@@H](N)Cc1cn(C(=O)OC(C)(C)C)c2cc(Br)ccc12. The Morgan fingerprint density at radius 1 is 1.11 bits per heavy atom. The summed E-state index contributed by atoms with van der Waals surface area (Å²) in [4.78, 5) is 24.8. The average Bonchev–Trinajstić information content (AvgIpc) is 2.81. The molecular weight excluding hydrogens is 412 g/mol. The normalized spacial score (nSPS) is 13.5. The topological polar surface area (TPSA) is 83.5 Å². The lowest BCUT2D eigenvalue weighted by molar-refractivity contribution is -0.156. The standard InChI is InChI=1S/C20H27BrN2O4/c1-19(2,3)26-17(24)15(22)9-12-11-23(18(25)27-20(4,5)6)16-10-13(21)7-8-14(12)16/h7-8,10-11,15H,9,22H2,1-6H3/t15-/m0/s1. The van der Waals surface area contributed by atoms with Gasteiger partial charge in [-0.25, -0.2) is 4.79 Å².